The highest BCUT2D eigenvalue weighted by atomic mass is 35.5. The van der Waals surface area contributed by atoms with Crippen LogP contribution in [0.3, 0.4) is 0 Å². The molecule has 0 amide bonds. The summed E-state index contributed by atoms with van der Waals surface area (Å²) in [5, 5.41) is 10.2. The molecule has 1 heterocycles. The van der Waals surface area contributed by atoms with Gasteiger partial charge in [0, 0.05) is 25.2 Å². The molecule has 1 atom stereocenters. The Morgan fingerprint density at radius 3 is 2.94 bits per heavy atom. The quantitative estimate of drug-likeness (QED) is 0.912. The average Bonchev–Trinajstić information content (AvgIpc) is 2.37. The Balaban J connectivity index is 2.24. The van der Waals surface area contributed by atoms with E-state index in [1.54, 1.807) is 0 Å². The third-order valence-corrected chi connectivity index (χ3v) is 4.05. The number of rotatable bonds is 3. The lowest BCUT2D eigenvalue weighted by Crippen LogP contribution is -2.45. The van der Waals surface area contributed by atoms with E-state index >= 15 is 0 Å². The van der Waals surface area contributed by atoms with E-state index in [0.717, 1.165) is 22.8 Å². The molecule has 100 valence electrons. The summed E-state index contributed by atoms with van der Waals surface area (Å²) < 4.78 is 0. The predicted octanol–water partition coefficient (Wildman–Crippen LogP) is 2.36. The van der Waals surface area contributed by atoms with Gasteiger partial charge in [0.1, 0.15) is 0 Å². The summed E-state index contributed by atoms with van der Waals surface area (Å²) in [7, 11) is 4.23. The van der Waals surface area contributed by atoms with E-state index < -0.39 is 0 Å². The SMILES string of the molecule is CN1CCCC(N(C)c2c(Cl)cccc2CO)C1. The monoisotopic (exact) mass is 268 g/mol. The van der Waals surface area contributed by atoms with Gasteiger partial charge in [0.15, 0.2) is 0 Å². The number of benzene rings is 1. The molecular formula is C14H21ClN2O. The summed E-state index contributed by atoms with van der Waals surface area (Å²) in [6.07, 6.45) is 2.39. The first-order valence-electron chi connectivity index (χ1n) is 6.43. The zero-order chi connectivity index (χ0) is 13.1. The number of halogens is 1. The summed E-state index contributed by atoms with van der Waals surface area (Å²) in [6.45, 7) is 2.25. The first-order valence-corrected chi connectivity index (χ1v) is 6.81. The van der Waals surface area contributed by atoms with Gasteiger partial charge in [-0.2, -0.15) is 0 Å². The van der Waals surface area contributed by atoms with Crippen LogP contribution in [0.4, 0.5) is 5.69 Å². The maximum absolute atomic E-state index is 9.45. The van der Waals surface area contributed by atoms with Crippen molar-refractivity contribution >= 4 is 17.3 Å². The number of nitrogens with zero attached hydrogens (tertiary/aromatic N) is 2. The number of aliphatic hydroxyl groups excluding tert-OH is 1. The molecule has 1 N–H and O–H groups in total. The molecule has 4 heteroatoms. The minimum atomic E-state index is 0.0305. The molecule has 1 aliphatic heterocycles. The van der Waals surface area contributed by atoms with Crippen LogP contribution in [0, 0.1) is 0 Å². The van der Waals surface area contributed by atoms with Crippen molar-refractivity contribution in [3.63, 3.8) is 0 Å². The Bertz CT molecular complexity index is 411. The Hall–Kier alpha value is -0.770. The maximum atomic E-state index is 9.45. The highest BCUT2D eigenvalue weighted by Crippen LogP contribution is 2.32. The lowest BCUT2D eigenvalue weighted by molar-refractivity contribution is 0.246. The van der Waals surface area contributed by atoms with Crippen LogP contribution < -0.4 is 4.90 Å². The van der Waals surface area contributed by atoms with Crippen LogP contribution in [0.25, 0.3) is 0 Å². The predicted molar refractivity (Wildman–Crippen MR) is 76.3 cm³/mol. The van der Waals surface area contributed by atoms with Gasteiger partial charge in [-0.05, 0) is 32.5 Å². The fraction of sp³-hybridized carbons (Fsp3) is 0.571. The number of aliphatic hydroxyl groups is 1. The van der Waals surface area contributed by atoms with Crippen molar-refractivity contribution in [1.29, 1.82) is 0 Å². The van der Waals surface area contributed by atoms with Crippen LogP contribution in [0.5, 0.6) is 0 Å². The Morgan fingerprint density at radius 2 is 2.28 bits per heavy atom. The van der Waals surface area contributed by atoms with Crippen LogP contribution in [-0.2, 0) is 6.61 Å². The number of hydrogen-bond donors (Lipinski definition) is 1. The fourth-order valence-corrected chi connectivity index (χ4v) is 3.05. The zero-order valence-electron chi connectivity index (χ0n) is 11.1. The van der Waals surface area contributed by atoms with Crippen LogP contribution in [0.15, 0.2) is 18.2 Å². The summed E-state index contributed by atoms with van der Waals surface area (Å²) >= 11 is 6.29. The second kappa shape index (κ2) is 5.91. The van der Waals surface area contributed by atoms with Crippen molar-refractivity contribution in [1.82, 2.24) is 4.90 Å². The van der Waals surface area contributed by atoms with Gasteiger partial charge in [-0.15, -0.1) is 0 Å². The molecule has 1 aliphatic rings. The van der Waals surface area contributed by atoms with Gasteiger partial charge in [-0.1, -0.05) is 23.7 Å². The second-order valence-electron chi connectivity index (χ2n) is 5.07. The van der Waals surface area contributed by atoms with Gasteiger partial charge in [0.05, 0.1) is 17.3 Å². The standard InChI is InChI=1S/C14H21ClN2O/c1-16-8-4-6-12(9-16)17(2)14-11(10-18)5-3-7-13(14)15/h3,5,7,12,18H,4,6,8-10H2,1-2H3. The van der Waals surface area contributed by atoms with E-state index in [-0.39, 0.29) is 6.61 Å². The van der Waals surface area contributed by atoms with Gasteiger partial charge >= 0.3 is 0 Å². The molecular weight excluding hydrogens is 248 g/mol. The normalized spacial score (nSPS) is 21.0. The molecule has 1 aromatic carbocycles. The molecule has 0 spiro atoms. The van der Waals surface area contributed by atoms with Crippen LogP contribution in [-0.4, -0.2) is 43.2 Å². The largest absolute Gasteiger partial charge is 0.392 e. The van der Waals surface area contributed by atoms with E-state index in [2.05, 4.69) is 23.9 Å². The number of hydrogen-bond acceptors (Lipinski definition) is 3. The Morgan fingerprint density at radius 1 is 1.50 bits per heavy atom. The Labute approximate surface area is 114 Å². The second-order valence-corrected chi connectivity index (χ2v) is 5.48. The summed E-state index contributed by atoms with van der Waals surface area (Å²) in [4.78, 5) is 4.57. The molecule has 0 aromatic heterocycles. The molecule has 0 radical (unpaired) electrons. The summed E-state index contributed by atoms with van der Waals surface area (Å²) in [6, 6.07) is 6.18. The van der Waals surface area contributed by atoms with Crippen molar-refractivity contribution in [2.24, 2.45) is 0 Å². The van der Waals surface area contributed by atoms with Crippen molar-refractivity contribution in [3.05, 3.63) is 28.8 Å². The van der Waals surface area contributed by atoms with Crippen molar-refractivity contribution in [3.8, 4) is 0 Å². The van der Waals surface area contributed by atoms with Crippen molar-refractivity contribution in [2.75, 3.05) is 32.1 Å². The van der Waals surface area contributed by atoms with Gasteiger partial charge in [-0.3, -0.25) is 0 Å². The first kappa shape index (κ1) is 13.7. The van der Waals surface area contributed by atoms with E-state index in [9.17, 15) is 5.11 Å². The minimum absolute atomic E-state index is 0.0305. The fourth-order valence-electron chi connectivity index (χ4n) is 2.72. The van der Waals surface area contributed by atoms with E-state index in [0.29, 0.717) is 6.04 Å². The van der Waals surface area contributed by atoms with Gasteiger partial charge in [0.25, 0.3) is 0 Å². The molecule has 0 saturated carbocycles. The molecule has 3 nitrogen and oxygen atoms in total. The lowest BCUT2D eigenvalue weighted by Gasteiger charge is -2.38. The van der Waals surface area contributed by atoms with Gasteiger partial charge < -0.3 is 14.9 Å². The lowest BCUT2D eigenvalue weighted by atomic mass is 10.0. The molecule has 1 aromatic rings. The number of para-hydroxylation sites is 1. The third-order valence-electron chi connectivity index (χ3n) is 3.74. The zero-order valence-corrected chi connectivity index (χ0v) is 11.8. The smallest absolute Gasteiger partial charge is 0.0702 e. The number of likely N-dealkylation sites (N-methyl/N-ethyl adjacent to an activating group) is 2. The van der Waals surface area contributed by atoms with Crippen LogP contribution in [0.1, 0.15) is 18.4 Å². The first-order chi connectivity index (χ1) is 8.63. The van der Waals surface area contributed by atoms with Crippen molar-refractivity contribution in [2.45, 2.75) is 25.5 Å². The Kier molecular flexibility index (Phi) is 4.49. The van der Waals surface area contributed by atoms with Crippen LogP contribution in [0.2, 0.25) is 5.02 Å². The average molecular weight is 269 g/mol. The van der Waals surface area contributed by atoms with Gasteiger partial charge in [0.2, 0.25) is 0 Å². The highest BCUT2D eigenvalue weighted by Gasteiger charge is 2.23. The topological polar surface area (TPSA) is 26.7 Å². The van der Waals surface area contributed by atoms with E-state index in [4.69, 9.17) is 11.6 Å². The van der Waals surface area contributed by atoms with Crippen LogP contribution >= 0.6 is 11.6 Å². The molecule has 1 unspecified atom stereocenters. The van der Waals surface area contributed by atoms with E-state index in [1.165, 1.54) is 19.4 Å². The summed E-state index contributed by atoms with van der Waals surface area (Å²) in [5.41, 5.74) is 1.88. The third kappa shape index (κ3) is 2.79. The molecule has 1 fully saturated rings. The highest BCUT2D eigenvalue weighted by molar-refractivity contribution is 6.33. The molecule has 0 aliphatic carbocycles. The number of anilines is 1. The molecule has 2 rings (SSSR count). The number of piperidine rings is 1. The van der Waals surface area contributed by atoms with Gasteiger partial charge in [-0.25, -0.2) is 0 Å². The maximum Gasteiger partial charge on any atom is 0.0702 e. The number of likely N-dealkylation sites (tertiary alicyclic amines) is 1. The van der Waals surface area contributed by atoms with E-state index in [1.807, 2.05) is 18.2 Å². The molecule has 18 heavy (non-hydrogen) atoms. The molecule has 0 bridgehead atoms. The molecule has 1 saturated heterocycles. The summed E-state index contributed by atoms with van der Waals surface area (Å²) in [5.74, 6) is 0. The minimum Gasteiger partial charge on any atom is -0.392 e. The van der Waals surface area contributed by atoms with Crippen molar-refractivity contribution < 1.29 is 5.11 Å².